The molecule has 0 fully saturated rings. The third-order valence-corrected chi connectivity index (χ3v) is 6.50. The van der Waals surface area contributed by atoms with Crippen molar-refractivity contribution in [1.29, 1.82) is 0 Å². The van der Waals surface area contributed by atoms with E-state index in [2.05, 4.69) is 26.0 Å². The maximum atomic E-state index is 12.0. The molecule has 0 saturated heterocycles. The Kier molecular flexibility index (Phi) is 37.3. The molecule has 0 saturated carbocycles. The predicted octanol–water partition coefficient (Wildman–Crippen LogP) is 9.35. The average molecular weight is 543 g/mol. The molecule has 0 aliphatic heterocycles. The van der Waals surface area contributed by atoms with Crippen LogP contribution in [-0.4, -0.2) is 50.2 Å². The predicted molar refractivity (Wildman–Crippen MR) is 163 cm³/mol. The molecule has 0 aromatic carbocycles. The molecule has 0 spiro atoms. The number of carbonyl (C=O) groups is 1. The Balaban J connectivity index is 0. The number of unbranched alkanes of at least 4 members (excludes halogenated alkanes) is 16. The number of esters is 1. The van der Waals surface area contributed by atoms with Crippen molar-refractivity contribution < 1.29 is 24.1 Å². The third-order valence-electron chi connectivity index (χ3n) is 6.50. The van der Waals surface area contributed by atoms with Crippen molar-refractivity contribution in [2.24, 2.45) is 0 Å². The van der Waals surface area contributed by atoms with Crippen LogP contribution in [0.4, 0.5) is 0 Å². The molecule has 1 unspecified atom stereocenters. The summed E-state index contributed by atoms with van der Waals surface area (Å²) in [5.41, 5.74) is 0. The summed E-state index contributed by atoms with van der Waals surface area (Å²) >= 11 is 0. The highest BCUT2D eigenvalue weighted by atomic mass is 16.6. The molecule has 0 radical (unpaired) electrons. The molecule has 1 N–H and O–H groups in total. The Morgan fingerprint density at radius 1 is 0.632 bits per heavy atom. The zero-order valence-corrected chi connectivity index (χ0v) is 26.0. The van der Waals surface area contributed by atoms with Crippen LogP contribution in [-0.2, 0) is 19.0 Å². The van der Waals surface area contributed by atoms with E-state index in [1.54, 1.807) is 0 Å². The van der Waals surface area contributed by atoms with Crippen LogP contribution in [0.5, 0.6) is 0 Å². The SMILES string of the molecule is CCCCCCCC/C=C\CCCCCCCC(=O)OC(CO)COCCCCCCCC.CCOCC. The minimum Gasteiger partial charge on any atom is -0.457 e. The Labute approximate surface area is 237 Å². The van der Waals surface area contributed by atoms with Crippen LogP contribution < -0.4 is 0 Å². The van der Waals surface area contributed by atoms with E-state index < -0.39 is 6.10 Å². The summed E-state index contributed by atoms with van der Waals surface area (Å²) in [5.74, 6) is -0.213. The number of rotatable bonds is 28. The first kappa shape index (κ1) is 39.2. The molecule has 0 aromatic heterocycles. The van der Waals surface area contributed by atoms with E-state index in [-0.39, 0.29) is 12.6 Å². The monoisotopic (exact) mass is 542 g/mol. The van der Waals surface area contributed by atoms with Gasteiger partial charge < -0.3 is 19.3 Å². The van der Waals surface area contributed by atoms with Gasteiger partial charge in [0.05, 0.1) is 13.2 Å². The van der Waals surface area contributed by atoms with Gasteiger partial charge in [-0.05, 0) is 52.4 Å². The minimum absolute atomic E-state index is 0.172. The molecular formula is C33H66O5. The van der Waals surface area contributed by atoms with Crippen molar-refractivity contribution in [1.82, 2.24) is 0 Å². The number of hydrogen-bond acceptors (Lipinski definition) is 5. The van der Waals surface area contributed by atoms with Crippen LogP contribution in [0.15, 0.2) is 12.2 Å². The lowest BCUT2D eigenvalue weighted by Gasteiger charge is -2.15. The van der Waals surface area contributed by atoms with Crippen molar-refractivity contribution in [3.05, 3.63) is 12.2 Å². The van der Waals surface area contributed by atoms with Crippen molar-refractivity contribution in [3.63, 3.8) is 0 Å². The van der Waals surface area contributed by atoms with Crippen molar-refractivity contribution in [2.75, 3.05) is 33.0 Å². The fourth-order valence-electron chi connectivity index (χ4n) is 4.11. The summed E-state index contributed by atoms with van der Waals surface area (Å²) < 4.78 is 15.8. The van der Waals surface area contributed by atoms with E-state index in [9.17, 15) is 9.90 Å². The van der Waals surface area contributed by atoms with Gasteiger partial charge >= 0.3 is 5.97 Å². The Morgan fingerprint density at radius 2 is 1.11 bits per heavy atom. The molecule has 228 valence electrons. The normalized spacial score (nSPS) is 11.9. The molecule has 0 aliphatic carbocycles. The molecule has 5 nitrogen and oxygen atoms in total. The standard InChI is InChI=1S/C29H56O4.C4H10O/c1-3-5-7-9-11-12-13-14-15-16-17-18-19-20-22-24-29(31)33-28(26-30)27-32-25-23-21-10-8-6-4-2;1-3-5-4-2/h14-15,28,30H,3-13,16-27H2,1-2H3;3-4H2,1-2H3/b15-14-;. The lowest BCUT2D eigenvalue weighted by atomic mass is 10.1. The third kappa shape index (κ3) is 35.1. The first-order chi connectivity index (χ1) is 18.7. The molecule has 1 atom stereocenters. The lowest BCUT2D eigenvalue weighted by molar-refractivity contribution is -0.154. The molecular weight excluding hydrogens is 476 g/mol. The summed E-state index contributed by atoms with van der Waals surface area (Å²) in [7, 11) is 0. The number of aliphatic hydroxyl groups excluding tert-OH is 1. The van der Waals surface area contributed by atoms with E-state index in [1.165, 1.54) is 103 Å². The molecule has 0 heterocycles. The number of carbonyl (C=O) groups excluding carboxylic acids is 1. The summed E-state index contributed by atoms with van der Waals surface area (Å²) in [6.45, 7) is 10.9. The Morgan fingerprint density at radius 3 is 1.58 bits per heavy atom. The van der Waals surface area contributed by atoms with Gasteiger partial charge in [-0.1, -0.05) is 109 Å². The van der Waals surface area contributed by atoms with Gasteiger partial charge in [0.1, 0.15) is 6.10 Å². The maximum Gasteiger partial charge on any atom is 0.306 e. The fraction of sp³-hybridized carbons (Fsp3) is 0.909. The molecule has 0 aliphatic rings. The van der Waals surface area contributed by atoms with Gasteiger partial charge in [0.2, 0.25) is 0 Å². The zero-order valence-electron chi connectivity index (χ0n) is 26.0. The number of allylic oxidation sites excluding steroid dienone is 2. The van der Waals surface area contributed by atoms with Gasteiger partial charge in [0, 0.05) is 26.2 Å². The second kappa shape index (κ2) is 36.1. The molecule has 0 amide bonds. The van der Waals surface area contributed by atoms with Gasteiger partial charge in [-0.3, -0.25) is 4.79 Å². The van der Waals surface area contributed by atoms with Gasteiger partial charge in [0.25, 0.3) is 0 Å². The molecule has 5 heteroatoms. The quantitative estimate of drug-likeness (QED) is 0.0606. The first-order valence-electron chi connectivity index (χ1n) is 16.3. The summed E-state index contributed by atoms with van der Waals surface area (Å²) in [4.78, 5) is 12.0. The summed E-state index contributed by atoms with van der Waals surface area (Å²) in [6.07, 6.45) is 28.1. The summed E-state index contributed by atoms with van der Waals surface area (Å²) in [5, 5.41) is 9.42. The number of ether oxygens (including phenoxy) is 3. The highest BCUT2D eigenvalue weighted by molar-refractivity contribution is 5.69. The maximum absolute atomic E-state index is 12.0. The van der Waals surface area contributed by atoms with Crippen LogP contribution in [0.2, 0.25) is 0 Å². The Hall–Kier alpha value is -0.910. The van der Waals surface area contributed by atoms with Crippen LogP contribution in [0.25, 0.3) is 0 Å². The molecule has 0 aromatic rings. The largest absolute Gasteiger partial charge is 0.457 e. The second-order valence-electron chi connectivity index (χ2n) is 10.3. The van der Waals surface area contributed by atoms with Crippen LogP contribution in [0.1, 0.15) is 156 Å². The molecule has 38 heavy (non-hydrogen) atoms. The van der Waals surface area contributed by atoms with Gasteiger partial charge in [-0.15, -0.1) is 0 Å². The topological polar surface area (TPSA) is 65.0 Å². The van der Waals surface area contributed by atoms with Crippen LogP contribution in [0.3, 0.4) is 0 Å². The van der Waals surface area contributed by atoms with E-state index in [1.807, 2.05) is 13.8 Å². The fourth-order valence-corrected chi connectivity index (χ4v) is 4.11. The van der Waals surface area contributed by atoms with Crippen LogP contribution >= 0.6 is 0 Å². The van der Waals surface area contributed by atoms with E-state index in [4.69, 9.17) is 14.2 Å². The van der Waals surface area contributed by atoms with Gasteiger partial charge in [-0.2, -0.15) is 0 Å². The average Bonchev–Trinajstić information content (AvgIpc) is 2.92. The van der Waals surface area contributed by atoms with E-state index in [0.717, 1.165) is 32.5 Å². The van der Waals surface area contributed by atoms with Gasteiger partial charge in [-0.25, -0.2) is 0 Å². The van der Waals surface area contributed by atoms with Gasteiger partial charge in [0.15, 0.2) is 0 Å². The van der Waals surface area contributed by atoms with Crippen molar-refractivity contribution in [2.45, 2.75) is 162 Å². The van der Waals surface area contributed by atoms with Crippen molar-refractivity contribution in [3.8, 4) is 0 Å². The number of hydrogen-bond donors (Lipinski definition) is 1. The lowest BCUT2D eigenvalue weighted by Crippen LogP contribution is -2.27. The highest BCUT2D eigenvalue weighted by Crippen LogP contribution is 2.11. The molecule has 0 bridgehead atoms. The summed E-state index contributed by atoms with van der Waals surface area (Å²) in [6, 6.07) is 0. The van der Waals surface area contributed by atoms with E-state index in [0.29, 0.717) is 19.6 Å². The minimum atomic E-state index is -0.527. The van der Waals surface area contributed by atoms with Crippen LogP contribution in [0, 0.1) is 0 Å². The zero-order chi connectivity index (χ0) is 28.4. The number of aliphatic hydroxyl groups is 1. The second-order valence-corrected chi connectivity index (χ2v) is 10.3. The smallest absolute Gasteiger partial charge is 0.306 e. The Bertz CT molecular complexity index is 464. The van der Waals surface area contributed by atoms with E-state index >= 15 is 0 Å². The molecule has 0 rings (SSSR count). The first-order valence-corrected chi connectivity index (χ1v) is 16.3. The van der Waals surface area contributed by atoms with Crippen molar-refractivity contribution >= 4 is 5.97 Å². The highest BCUT2D eigenvalue weighted by Gasteiger charge is 2.13.